The Balaban J connectivity index is 1.49. The molecule has 28 heavy (non-hydrogen) atoms. The third kappa shape index (κ3) is 4.01. The van der Waals surface area contributed by atoms with Gasteiger partial charge in [0, 0.05) is 44.0 Å². The Bertz CT molecular complexity index is 865. The maximum absolute atomic E-state index is 12.8. The van der Waals surface area contributed by atoms with Gasteiger partial charge in [0.2, 0.25) is 0 Å². The van der Waals surface area contributed by atoms with Crippen LogP contribution in [0, 0.1) is 6.92 Å². The molecular weight excluding hydrogens is 358 g/mol. The van der Waals surface area contributed by atoms with Gasteiger partial charge in [-0.25, -0.2) is 9.97 Å². The third-order valence-corrected chi connectivity index (χ3v) is 5.00. The number of benzene rings is 1. The summed E-state index contributed by atoms with van der Waals surface area (Å²) in [6.07, 6.45) is 0. The molecule has 2 aliphatic rings. The quantitative estimate of drug-likeness (QED) is 0.864. The summed E-state index contributed by atoms with van der Waals surface area (Å²) in [6, 6.07) is 7.13. The van der Waals surface area contributed by atoms with Crippen LogP contribution in [-0.4, -0.2) is 66.7 Å². The lowest BCUT2D eigenvalue weighted by molar-refractivity contribution is 0.102. The van der Waals surface area contributed by atoms with E-state index in [1.165, 1.54) is 0 Å². The molecule has 2 aliphatic heterocycles. The summed E-state index contributed by atoms with van der Waals surface area (Å²) in [5.41, 5.74) is 0.999. The Labute approximate surface area is 164 Å². The van der Waals surface area contributed by atoms with Crippen LogP contribution in [0.4, 0.5) is 11.5 Å². The zero-order chi connectivity index (χ0) is 19.5. The summed E-state index contributed by atoms with van der Waals surface area (Å²) in [5.74, 6) is 2.45. The van der Waals surface area contributed by atoms with Crippen LogP contribution in [0.1, 0.15) is 23.2 Å². The minimum atomic E-state index is -0.268. The maximum atomic E-state index is 12.8. The third-order valence-electron chi connectivity index (χ3n) is 5.00. The summed E-state index contributed by atoms with van der Waals surface area (Å²) in [6.45, 7) is 9.87. The first-order chi connectivity index (χ1) is 13.6. The van der Waals surface area contributed by atoms with Crippen molar-refractivity contribution in [2.45, 2.75) is 13.8 Å². The molecule has 1 aromatic heterocycles. The van der Waals surface area contributed by atoms with Crippen molar-refractivity contribution in [2.24, 2.45) is 0 Å². The standard InChI is InChI=1S/C20H25N5O3/c1-3-24-6-8-25(9-7-24)19-13-16(21-14(2)22-19)20(26)23-15-4-5-17-18(12-15)28-11-10-27-17/h4-5,12-13H,3,6-11H2,1-2H3,(H,23,26). The van der Waals surface area contributed by atoms with Crippen LogP contribution in [0.5, 0.6) is 11.5 Å². The zero-order valence-electron chi connectivity index (χ0n) is 16.3. The Hall–Kier alpha value is -2.87. The average Bonchev–Trinajstić information content (AvgIpc) is 2.73. The lowest BCUT2D eigenvalue weighted by Crippen LogP contribution is -2.46. The first-order valence-electron chi connectivity index (χ1n) is 9.66. The van der Waals surface area contributed by atoms with Gasteiger partial charge in [0.05, 0.1) is 0 Å². The number of piperazine rings is 1. The van der Waals surface area contributed by atoms with Crippen LogP contribution in [-0.2, 0) is 0 Å². The second-order valence-electron chi connectivity index (χ2n) is 6.89. The highest BCUT2D eigenvalue weighted by Crippen LogP contribution is 2.32. The number of hydrogen-bond donors (Lipinski definition) is 1. The van der Waals surface area contributed by atoms with Crippen molar-refractivity contribution in [1.29, 1.82) is 0 Å². The van der Waals surface area contributed by atoms with Crippen molar-refractivity contribution in [2.75, 3.05) is 56.2 Å². The van der Waals surface area contributed by atoms with E-state index in [0.29, 0.717) is 41.9 Å². The number of fused-ring (bicyclic) bond motifs is 1. The van der Waals surface area contributed by atoms with Gasteiger partial charge < -0.3 is 24.6 Å². The van der Waals surface area contributed by atoms with Gasteiger partial charge in [0.1, 0.15) is 30.5 Å². The van der Waals surface area contributed by atoms with Gasteiger partial charge in [-0.1, -0.05) is 6.92 Å². The predicted molar refractivity (Wildman–Crippen MR) is 106 cm³/mol. The lowest BCUT2D eigenvalue weighted by atomic mass is 10.2. The van der Waals surface area contributed by atoms with Crippen LogP contribution in [0.3, 0.4) is 0 Å². The van der Waals surface area contributed by atoms with Crippen LogP contribution in [0.15, 0.2) is 24.3 Å². The van der Waals surface area contributed by atoms with E-state index in [9.17, 15) is 4.79 Å². The fourth-order valence-electron chi connectivity index (χ4n) is 3.44. The summed E-state index contributed by atoms with van der Waals surface area (Å²) >= 11 is 0. The summed E-state index contributed by atoms with van der Waals surface area (Å²) < 4.78 is 11.1. The van der Waals surface area contributed by atoms with E-state index in [-0.39, 0.29) is 5.91 Å². The van der Waals surface area contributed by atoms with E-state index < -0.39 is 0 Å². The summed E-state index contributed by atoms with van der Waals surface area (Å²) in [5, 5.41) is 2.89. The van der Waals surface area contributed by atoms with Crippen molar-refractivity contribution in [3.63, 3.8) is 0 Å². The van der Waals surface area contributed by atoms with Gasteiger partial charge in [0.25, 0.3) is 5.91 Å². The SMILES string of the molecule is CCN1CCN(c2cc(C(=O)Nc3ccc4c(c3)OCCO4)nc(C)n2)CC1. The number of nitrogens with one attached hydrogen (secondary N) is 1. The molecule has 0 bridgehead atoms. The van der Waals surface area contributed by atoms with Crippen LogP contribution >= 0.6 is 0 Å². The first-order valence-corrected chi connectivity index (χ1v) is 9.66. The molecule has 0 atom stereocenters. The molecule has 1 fully saturated rings. The van der Waals surface area contributed by atoms with Crippen molar-refractivity contribution >= 4 is 17.4 Å². The van der Waals surface area contributed by atoms with Crippen molar-refractivity contribution in [3.05, 3.63) is 35.8 Å². The van der Waals surface area contributed by atoms with Crippen molar-refractivity contribution in [3.8, 4) is 11.5 Å². The highest BCUT2D eigenvalue weighted by atomic mass is 16.6. The van der Waals surface area contributed by atoms with Crippen molar-refractivity contribution < 1.29 is 14.3 Å². The number of nitrogens with zero attached hydrogens (tertiary/aromatic N) is 4. The second-order valence-corrected chi connectivity index (χ2v) is 6.89. The minimum Gasteiger partial charge on any atom is -0.486 e. The molecular formula is C20H25N5O3. The van der Waals surface area contributed by atoms with Gasteiger partial charge in [-0.05, 0) is 25.6 Å². The smallest absolute Gasteiger partial charge is 0.274 e. The summed E-state index contributed by atoms with van der Waals surface area (Å²) in [7, 11) is 0. The van der Waals surface area contributed by atoms with Gasteiger partial charge in [-0.2, -0.15) is 0 Å². The maximum Gasteiger partial charge on any atom is 0.274 e. The molecule has 0 spiro atoms. The zero-order valence-corrected chi connectivity index (χ0v) is 16.3. The van der Waals surface area contributed by atoms with Crippen LogP contribution < -0.4 is 19.7 Å². The number of rotatable bonds is 4. The highest BCUT2D eigenvalue weighted by molar-refractivity contribution is 6.03. The van der Waals surface area contributed by atoms with E-state index in [0.717, 1.165) is 38.5 Å². The lowest BCUT2D eigenvalue weighted by Gasteiger charge is -2.34. The van der Waals surface area contributed by atoms with E-state index in [2.05, 4.69) is 32.0 Å². The fourth-order valence-corrected chi connectivity index (χ4v) is 3.44. The van der Waals surface area contributed by atoms with Gasteiger partial charge in [-0.15, -0.1) is 0 Å². The highest BCUT2D eigenvalue weighted by Gasteiger charge is 2.20. The minimum absolute atomic E-state index is 0.268. The molecule has 0 radical (unpaired) electrons. The van der Waals surface area contributed by atoms with Crippen LogP contribution in [0.2, 0.25) is 0 Å². The number of aryl methyl sites for hydroxylation is 1. The Kier molecular flexibility index (Phi) is 5.29. The molecule has 1 N–H and O–H groups in total. The molecule has 4 rings (SSSR count). The van der Waals surface area contributed by atoms with E-state index in [4.69, 9.17) is 9.47 Å². The van der Waals surface area contributed by atoms with Gasteiger partial charge >= 0.3 is 0 Å². The largest absolute Gasteiger partial charge is 0.486 e. The molecule has 0 saturated carbocycles. The molecule has 2 aromatic rings. The first kappa shape index (κ1) is 18.5. The monoisotopic (exact) mass is 383 g/mol. The predicted octanol–water partition coefficient (Wildman–Crippen LogP) is 1.95. The number of anilines is 2. The molecule has 3 heterocycles. The van der Waals surface area contributed by atoms with E-state index in [1.54, 1.807) is 24.3 Å². The normalized spacial score (nSPS) is 16.7. The van der Waals surface area contributed by atoms with Crippen molar-refractivity contribution in [1.82, 2.24) is 14.9 Å². The molecule has 8 heteroatoms. The number of likely N-dealkylation sites (N-methyl/N-ethyl adjacent to an activating group) is 1. The molecule has 1 amide bonds. The fraction of sp³-hybridized carbons (Fsp3) is 0.450. The van der Waals surface area contributed by atoms with Gasteiger partial charge in [-0.3, -0.25) is 4.79 Å². The number of carbonyl (C=O) groups is 1. The molecule has 1 saturated heterocycles. The van der Waals surface area contributed by atoms with E-state index >= 15 is 0 Å². The topological polar surface area (TPSA) is 79.8 Å². The number of ether oxygens (including phenoxy) is 2. The number of hydrogen-bond acceptors (Lipinski definition) is 7. The molecule has 148 valence electrons. The molecule has 0 aliphatic carbocycles. The van der Waals surface area contributed by atoms with Gasteiger partial charge in [0.15, 0.2) is 11.5 Å². The Morgan fingerprint density at radius 2 is 1.82 bits per heavy atom. The van der Waals surface area contributed by atoms with Crippen LogP contribution in [0.25, 0.3) is 0 Å². The molecule has 1 aromatic carbocycles. The number of aromatic nitrogens is 2. The Morgan fingerprint density at radius 3 is 2.57 bits per heavy atom. The van der Waals surface area contributed by atoms with E-state index in [1.807, 2.05) is 6.92 Å². The second kappa shape index (κ2) is 8.02. The average molecular weight is 383 g/mol. The summed E-state index contributed by atoms with van der Waals surface area (Å²) in [4.78, 5) is 26.2. The Morgan fingerprint density at radius 1 is 1.07 bits per heavy atom. The molecule has 0 unspecified atom stereocenters. The number of carbonyl (C=O) groups excluding carboxylic acids is 1. The number of amides is 1. The molecule has 8 nitrogen and oxygen atoms in total.